The zero-order chi connectivity index (χ0) is 16.6. The second-order valence-electron chi connectivity index (χ2n) is 4.69. The summed E-state index contributed by atoms with van der Waals surface area (Å²) < 4.78 is 5.11. The standard InChI is InChI=1S/C14H13ClN6O2/c1-17-5-8-11(16)10(15)9(14(22)20-8)13-19-7-3-6(23-2)4-18-12(7)21-13/h3-5H,16H2,1-2H3,(H,20,22)(H,18,19,21). The fraction of sp³-hybridized carbons (Fsp3) is 0.143. The van der Waals surface area contributed by atoms with Crippen molar-refractivity contribution in [2.75, 3.05) is 19.9 Å². The molecule has 0 saturated heterocycles. The summed E-state index contributed by atoms with van der Waals surface area (Å²) in [6, 6.07) is 1.72. The number of halogens is 1. The number of nitrogens with two attached hydrogens (primary N) is 1. The number of imidazole rings is 1. The first-order chi connectivity index (χ1) is 11.0. The highest BCUT2D eigenvalue weighted by molar-refractivity contribution is 6.36. The Balaban J connectivity index is 2.22. The number of rotatable bonds is 3. The molecule has 0 fully saturated rings. The molecule has 0 aliphatic heterocycles. The molecule has 3 heterocycles. The van der Waals surface area contributed by atoms with Crippen molar-refractivity contribution in [3.8, 4) is 17.1 Å². The molecular formula is C14H13ClN6O2. The smallest absolute Gasteiger partial charge is 0.261 e. The molecule has 0 atom stereocenters. The first-order valence-corrected chi connectivity index (χ1v) is 6.96. The number of hydrogen-bond donors (Lipinski definition) is 3. The topological polar surface area (TPSA) is 122 Å². The van der Waals surface area contributed by atoms with Crippen molar-refractivity contribution in [2.45, 2.75) is 0 Å². The molecule has 0 unspecified atom stereocenters. The molecule has 0 aliphatic carbocycles. The average molecular weight is 333 g/mol. The number of hydrogen-bond acceptors (Lipinski definition) is 6. The number of aromatic amines is 2. The predicted octanol–water partition coefficient (Wildman–Crippen LogP) is 1.61. The van der Waals surface area contributed by atoms with Crippen molar-refractivity contribution in [2.24, 2.45) is 4.99 Å². The van der Waals surface area contributed by atoms with E-state index >= 15 is 0 Å². The Morgan fingerprint density at radius 1 is 1.43 bits per heavy atom. The summed E-state index contributed by atoms with van der Waals surface area (Å²) in [5.41, 5.74) is 7.29. The van der Waals surface area contributed by atoms with Crippen molar-refractivity contribution >= 4 is 34.7 Å². The van der Waals surface area contributed by atoms with Crippen LogP contribution in [-0.4, -0.2) is 40.3 Å². The van der Waals surface area contributed by atoms with Crippen LogP contribution in [0.25, 0.3) is 22.6 Å². The zero-order valence-electron chi connectivity index (χ0n) is 12.3. The summed E-state index contributed by atoms with van der Waals surface area (Å²) in [7, 11) is 3.11. The number of anilines is 1. The van der Waals surface area contributed by atoms with Gasteiger partial charge in [-0.25, -0.2) is 9.97 Å². The van der Waals surface area contributed by atoms with E-state index in [4.69, 9.17) is 22.1 Å². The quantitative estimate of drug-likeness (QED) is 0.629. The molecule has 0 radical (unpaired) electrons. The van der Waals surface area contributed by atoms with Crippen LogP contribution in [0.2, 0.25) is 5.02 Å². The van der Waals surface area contributed by atoms with Crippen LogP contribution in [0.3, 0.4) is 0 Å². The first-order valence-electron chi connectivity index (χ1n) is 6.58. The van der Waals surface area contributed by atoms with Gasteiger partial charge in [-0.15, -0.1) is 0 Å². The second kappa shape index (κ2) is 5.73. The lowest BCUT2D eigenvalue weighted by Gasteiger charge is -2.06. The number of H-pyrrole nitrogens is 2. The third kappa shape index (κ3) is 2.53. The minimum atomic E-state index is -0.426. The number of pyridine rings is 2. The lowest BCUT2D eigenvalue weighted by Crippen LogP contribution is -2.15. The van der Waals surface area contributed by atoms with Crippen molar-refractivity contribution in [3.05, 3.63) is 33.3 Å². The monoisotopic (exact) mass is 332 g/mol. The number of nitrogens with zero attached hydrogens (tertiary/aromatic N) is 3. The van der Waals surface area contributed by atoms with Crippen molar-refractivity contribution in [1.82, 2.24) is 19.9 Å². The lowest BCUT2D eigenvalue weighted by molar-refractivity contribution is 0.413. The number of ether oxygens (including phenoxy) is 1. The van der Waals surface area contributed by atoms with E-state index in [9.17, 15) is 4.79 Å². The molecule has 3 rings (SSSR count). The van der Waals surface area contributed by atoms with Gasteiger partial charge in [0.25, 0.3) is 5.56 Å². The molecule has 8 nitrogen and oxygen atoms in total. The molecule has 0 aliphatic rings. The SMILES string of the molecule is CN=Cc1[nH]c(=O)c(-c2nc3ncc(OC)cc3[nH]2)c(Cl)c1N. The maximum absolute atomic E-state index is 12.3. The van der Waals surface area contributed by atoms with Gasteiger partial charge in [0.05, 0.1) is 35.2 Å². The summed E-state index contributed by atoms with van der Waals surface area (Å²) in [6.45, 7) is 0. The van der Waals surface area contributed by atoms with Gasteiger partial charge in [-0.1, -0.05) is 11.6 Å². The first kappa shape index (κ1) is 15.0. The lowest BCUT2D eigenvalue weighted by atomic mass is 10.2. The van der Waals surface area contributed by atoms with Crippen LogP contribution in [0.1, 0.15) is 5.69 Å². The summed E-state index contributed by atoms with van der Waals surface area (Å²) in [5.74, 6) is 0.848. The molecule has 9 heteroatoms. The van der Waals surface area contributed by atoms with Crippen LogP contribution in [0.15, 0.2) is 22.1 Å². The maximum atomic E-state index is 12.3. The third-order valence-electron chi connectivity index (χ3n) is 3.26. The molecule has 118 valence electrons. The number of aliphatic imine (C=N–C) groups is 1. The average Bonchev–Trinajstić information content (AvgIpc) is 2.94. The van der Waals surface area contributed by atoms with Crippen molar-refractivity contribution in [3.63, 3.8) is 0 Å². The highest BCUT2D eigenvalue weighted by Crippen LogP contribution is 2.30. The number of methoxy groups -OCH3 is 1. The largest absolute Gasteiger partial charge is 0.495 e. The van der Waals surface area contributed by atoms with Gasteiger partial charge in [0.1, 0.15) is 17.1 Å². The minimum absolute atomic E-state index is 0.106. The molecule has 0 bridgehead atoms. The van der Waals surface area contributed by atoms with Gasteiger partial charge in [-0.2, -0.15) is 0 Å². The van der Waals surface area contributed by atoms with Crippen LogP contribution in [-0.2, 0) is 0 Å². The van der Waals surface area contributed by atoms with E-state index in [0.29, 0.717) is 22.6 Å². The van der Waals surface area contributed by atoms with E-state index in [1.165, 1.54) is 19.5 Å². The molecule has 23 heavy (non-hydrogen) atoms. The second-order valence-corrected chi connectivity index (χ2v) is 5.07. The predicted molar refractivity (Wildman–Crippen MR) is 89.4 cm³/mol. The third-order valence-corrected chi connectivity index (χ3v) is 3.66. The maximum Gasteiger partial charge on any atom is 0.261 e. The van der Waals surface area contributed by atoms with Crippen LogP contribution in [0, 0.1) is 0 Å². The summed E-state index contributed by atoms with van der Waals surface area (Å²) in [4.78, 5) is 30.2. The Labute approximate surface area is 135 Å². The summed E-state index contributed by atoms with van der Waals surface area (Å²) in [5, 5.41) is 0.106. The molecule has 3 aromatic heterocycles. The summed E-state index contributed by atoms with van der Waals surface area (Å²) >= 11 is 6.25. The molecule has 4 N–H and O–H groups in total. The van der Waals surface area contributed by atoms with Crippen molar-refractivity contribution < 1.29 is 4.74 Å². The van der Waals surface area contributed by atoms with Crippen LogP contribution < -0.4 is 16.0 Å². The molecule has 0 spiro atoms. The van der Waals surface area contributed by atoms with Gasteiger partial charge >= 0.3 is 0 Å². The van der Waals surface area contributed by atoms with Gasteiger partial charge in [0.15, 0.2) is 5.65 Å². The molecule has 3 aromatic rings. The van der Waals surface area contributed by atoms with E-state index in [0.717, 1.165) is 0 Å². The molecule has 0 aromatic carbocycles. The normalized spacial score (nSPS) is 11.4. The van der Waals surface area contributed by atoms with Gasteiger partial charge < -0.3 is 20.4 Å². The Hall–Kier alpha value is -2.87. The number of fused-ring (bicyclic) bond motifs is 1. The fourth-order valence-corrected chi connectivity index (χ4v) is 2.44. The van der Waals surface area contributed by atoms with Gasteiger partial charge in [-0.05, 0) is 0 Å². The van der Waals surface area contributed by atoms with E-state index in [-0.39, 0.29) is 22.1 Å². The zero-order valence-corrected chi connectivity index (χ0v) is 13.1. The fourth-order valence-electron chi connectivity index (χ4n) is 2.16. The highest BCUT2D eigenvalue weighted by Gasteiger charge is 2.18. The molecule has 0 saturated carbocycles. The van der Waals surface area contributed by atoms with Crippen LogP contribution >= 0.6 is 11.6 Å². The molecule has 0 amide bonds. The number of aromatic nitrogens is 4. The molecular weight excluding hydrogens is 320 g/mol. The van der Waals surface area contributed by atoms with Gasteiger partial charge in [0, 0.05) is 19.3 Å². The van der Waals surface area contributed by atoms with Crippen molar-refractivity contribution in [1.29, 1.82) is 0 Å². The van der Waals surface area contributed by atoms with E-state index in [1.807, 2.05) is 0 Å². The number of nitrogen functional groups attached to an aromatic ring is 1. The van der Waals surface area contributed by atoms with E-state index in [1.54, 1.807) is 13.1 Å². The van der Waals surface area contributed by atoms with E-state index in [2.05, 4.69) is 24.9 Å². The van der Waals surface area contributed by atoms with Crippen LogP contribution in [0.5, 0.6) is 5.75 Å². The Bertz CT molecular complexity index is 975. The van der Waals surface area contributed by atoms with Crippen LogP contribution in [0.4, 0.5) is 5.69 Å². The van der Waals surface area contributed by atoms with Gasteiger partial charge in [0.2, 0.25) is 0 Å². The minimum Gasteiger partial charge on any atom is -0.495 e. The Morgan fingerprint density at radius 2 is 2.22 bits per heavy atom. The highest BCUT2D eigenvalue weighted by atomic mass is 35.5. The number of nitrogens with one attached hydrogen (secondary N) is 2. The summed E-state index contributed by atoms with van der Waals surface area (Å²) in [6.07, 6.45) is 2.96. The van der Waals surface area contributed by atoms with Gasteiger partial charge in [-0.3, -0.25) is 9.79 Å². The van der Waals surface area contributed by atoms with E-state index < -0.39 is 5.56 Å². The Kier molecular flexibility index (Phi) is 3.75. The Morgan fingerprint density at radius 3 is 2.91 bits per heavy atom.